The summed E-state index contributed by atoms with van der Waals surface area (Å²) in [6.45, 7) is 6.11. The van der Waals surface area contributed by atoms with Crippen LogP contribution in [0.15, 0.2) is 24.3 Å². The molecule has 1 heterocycles. The van der Waals surface area contributed by atoms with Gasteiger partial charge in [-0.1, -0.05) is 23.7 Å². The lowest BCUT2D eigenvalue weighted by Gasteiger charge is -2.38. The fraction of sp³-hybridized carbons (Fsp3) is 0.571. The van der Waals surface area contributed by atoms with Crippen molar-refractivity contribution in [2.75, 3.05) is 25.4 Å². The predicted molar refractivity (Wildman–Crippen MR) is 79.9 cm³/mol. The highest BCUT2D eigenvalue weighted by molar-refractivity contribution is 7.86. The van der Waals surface area contributed by atoms with Gasteiger partial charge in [0.2, 0.25) is 0 Å². The number of β-amino-alcohol motifs (C(OH)–C–C–N with tert-alkyl or cyclic N) is 1. The Kier molecular flexibility index (Phi) is 4.66. The van der Waals surface area contributed by atoms with Crippen LogP contribution in [0.25, 0.3) is 0 Å². The van der Waals surface area contributed by atoms with Crippen molar-refractivity contribution in [1.82, 2.24) is 4.90 Å². The van der Waals surface area contributed by atoms with Crippen molar-refractivity contribution in [2.24, 2.45) is 0 Å². The molecule has 2 rings (SSSR count). The summed E-state index contributed by atoms with van der Waals surface area (Å²) in [4.78, 5) is 2.17. The number of aliphatic hydroxyl groups is 1. The second-order valence-corrected chi connectivity index (χ2v) is 8.26. The van der Waals surface area contributed by atoms with E-state index in [2.05, 4.69) is 4.90 Å². The minimum absolute atomic E-state index is 0.202. The van der Waals surface area contributed by atoms with Gasteiger partial charge in [-0.3, -0.25) is 9.11 Å². The van der Waals surface area contributed by atoms with Crippen molar-refractivity contribution in [3.63, 3.8) is 0 Å². The van der Waals surface area contributed by atoms with Gasteiger partial charge < -0.3 is 5.11 Å². The summed E-state index contributed by atoms with van der Waals surface area (Å²) in [5, 5.41) is 10.9. The van der Waals surface area contributed by atoms with E-state index in [1.807, 2.05) is 26.0 Å². The molecule has 1 aliphatic rings. The maximum absolute atomic E-state index is 11.9. The minimum atomic E-state index is -0.779. The molecule has 19 heavy (non-hydrogen) atoms. The zero-order chi connectivity index (χ0) is 14.0. The van der Waals surface area contributed by atoms with Crippen molar-refractivity contribution in [2.45, 2.75) is 24.7 Å². The van der Waals surface area contributed by atoms with E-state index >= 15 is 0 Å². The summed E-state index contributed by atoms with van der Waals surface area (Å²) >= 11 is 5.93. The number of nitrogens with zero attached hydrogens (tertiary/aromatic N) is 1. The first-order chi connectivity index (χ1) is 8.88. The van der Waals surface area contributed by atoms with Gasteiger partial charge in [0, 0.05) is 41.2 Å². The lowest BCUT2D eigenvalue weighted by Crippen LogP contribution is -2.50. The normalized spacial score (nSPS) is 25.2. The average molecular weight is 302 g/mol. The summed E-state index contributed by atoms with van der Waals surface area (Å²) < 4.78 is 11.7. The van der Waals surface area contributed by atoms with Gasteiger partial charge in [0.05, 0.1) is 10.9 Å². The molecule has 0 aliphatic carbocycles. The first-order valence-corrected chi connectivity index (χ1v) is 8.12. The average Bonchev–Trinajstić information content (AvgIpc) is 2.33. The van der Waals surface area contributed by atoms with Gasteiger partial charge in [-0.2, -0.15) is 0 Å². The Balaban J connectivity index is 2.00. The maximum atomic E-state index is 11.9. The van der Waals surface area contributed by atoms with Crippen molar-refractivity contribution in [1.29, 1.82) is 0 Å². The largest absolute Gasteiger partial charge is 0.387 e. The molecule has 0 aromatic heterocycles. The molecule has 0 saturated carbocycles. The first kappa shape index (κ1) is 15.0. The van der Waals surface area contributed by atoms with Crippen molar-refractivity contribution >= 4 is 22.4 Å². The van der Waals surface area contributed by atoms with Crippen LogP contribution in [0, 0.1) is 0 Å². The molecule has 1 aliphatic heterocycles. The van der Waals surface area contributed by atoms with E-state index < -0.39 is 16.9 Å². The van der Waals surface area contributed by atoms with Crippen molar-refractivity contribution in [3.05, 3.63) is 34.9 Å². The molecule has 3 nitrogen and oxygen atoms in total. The van der Waals surface area contributed by atoms with Crippen LogP contribution in [0.3, 0.4) is 0 Å². The molecule has 106 valence electrons. The third-order valence-corrected chi connectivity index (χ3v) is 5.63. The summed E-state index contributed by atoms with van der Waals surface area (Å²) in [5.74, 6) is 0.676. The molecule has 1 N–H and O–H groups in total. The van der Waals surface area contributed by atoms with Crippen LogP contribution < -0.4 is 0 Å². The zero-order valence-corrected chi connectivity index (χ0v) is 12.9. The maximum Gasteiger partial charge on any atom is 0.0917 e. The highest BCUT2D eigenvalue weighted by Crippen LogP contribution is 2.23. The van der Waals surface area contributed by atoms with E-state index in [-0.39, 0.29) is 4.75 Å². The number of benzene rings is 1. The number of aliphatic hydroxyl groups excluding tert-OH is 1. The van der Waals surface area contributed by atoms with E-state index in [0.29, 0.717) is 17.3 Å². The molecule has 1 aromatic carbocycles. The van der Waals surface area contributed by atoms with Gasteiger partial charge in [0.25, 0.3) is 0 Å². The lowest BCUT2D eigenvalue weighted by atomic mass is 10.1. The van der Waals surface area contributed by atoms with Crippen LogP contribution in [-0.4, -0.2) is 44.3 Å². The van der Waals surface area contributed by atoms with Crippen molar-refractivity contribution in [3.8, 4) is 0 Å². The van der Waals surface area contributed by atoms with Gasteiger partial charge in [0.1, 0.15) is 0 Å². The molecular weight excluding hydrogens is 282 g/mol. The highest BCUT2D eigenvalue weighted by atomic mass is 35.5. The van der Waals surface area contributed by atoms with Crippen LogP contribution >= 0.6 is 11.6 Å². The SMILES string of the molecule is CC1(C)CN(CC(O)c2cccc(Cl)c2)CCS1=O. The van der Waals surface area contributed by atoms with Crippen molar-refractivity contribution < 1.29 is 9.32 Å². The van der Waals surface area contributed by atoms with E-state index in [1.54, 1.807) is 12.1 Å². The second kappa shape index (κ2) is 5.92. The van der Waals surface area contributed by atoms with Gasteiger partial charge in [-0.15, -0.1) is 0 Å². The van der Waals surface area contributed by atoms with Gasteiger partial charge in [0.15, 0.2) is 0 Å². The monoisotopic (exact) mass is 301 g/mol. The second-order valence-electron chi connectivity index (χ2n) is 5.62. The topological polar surface area (TPSA) is 40.5 Å². The first-order valence-electron chi connectivity index (χ1n) is 6.43. The minimum Gasteiger partial charge on any atom is -0.387 e. The fourth-order valence-corrected chi connectivity index (χ4v) is 3.90. The van der Waals surface area contributed by atoms with Crippen LogP contribution in [0.2, 0.25) is 5.02 Å². The standard InChI is InChI=1S/C14H20ClNO2S/c1-14(2)10-16(6-7-19(14)18)9-13(17)11-4-3-5-12(15)8-11/h3-5,8,13,17H,6-7,9-10H2,1-2H3. The quantitative estimate of drug-likeness (QED) is 0.930. The van der Waals surface area contributed by atoms with Crippen LogP contribution in [0.1, 0.15) is 25.5 Å². The smallest absolute Gasteiger partial charge is 0.0917 e. The fourth-order valence-electron chi connectivity index (χ4n) is 2.40. The lowest BCUT2D eigenvalue weighted by molar-refractivity contribution is 0.109. The Morgan fingerprint density at radius 1 is 1.53 bits per heavy atom. The van der Waals surface area contributed by atoms with Crippen LogP contribution in [0.4, 0.5) is 0 Å². The van der Waals surface area contributed by atoms with E-state index in [0.717, 1.165) is 18.7 Å². The third-order valence-electron chi connectivity index (χ3n) is 3.48. The third kappa shape index (κ3) is 3.78. The molecule has 2 atom stereocenters. The predicted octanol–water partition coefficient (Wildman–Crippen LogP) is 2.22. The Bertz CT molecular complexity index is 478. The molecular formula is C14H20ClNO2S. The Morgan fingerprint density at radius 3 is 2.89 bits per heavy atom. The molecule has 0 spiro atoms. The van der Waals surface area contributed by atoms with Gasteiger partial charge >= 0.3 is 0 Å². The zero-order valence-electron chi connectivity index (χ0n) is 11.3. The Hall–Kier alpha value is -0.420. The highest BCUT2D eigenvalue weighted by Gasteiger charge is 2.33. The molecule has 0 radical (unpaired) electrons. The summed E-state index contributed by atoms with van der Waals surface area (Å²) in [7, 11) is -0.779. The summed E-state index contributed by atoms with van der Waals surface area (Å²) in [6.07, 6.45) is -0.555. The Morgan fingerprint density at radius 2 is 2.26 bits per heavy atom. The molecule has 0 bridgehead atoms. The van der Waals surface area contributed by atoms with Gasteiger partial charge in [-0.05, 0) is 31.5 Å². The summed E-state index contributed by atoms with van der Waals surface area (Å²) in [6, 6.07) is 7.31. The van der Waals surface area contributed by atoms with Crippen LogP contribution in [0.5, 0.6) is 0 Å². The molecule has 1 saturated heterocycles. The molecule has 0 amide bonds. The number of rotatable bonds is 3. The summed E-state index contributed by atoms with van der Waals surface area (Å²) in [5.41, 5.74) is 0.831. The molecule has 1 fully saturated rings. The number of hydrogen-bond acceptors (Lipinski definition) is 3. The number of hydrogen-bond donors (Lipinski definition) is 1. The van der Waals surface area contributed by atoms with Gasteiger partial charge in [-0.25, -0.2) is 0 Å². The Labute approximate surface area is 122 Å². The van der Waals surface area contributed by atoms with Crippen LogP contribution in [-0.2, 0) is 10.8 Å². The number of halogens is 1. The van der Waals surface area contributed by atoms with E-state index in [9.17, 15) is 9.32 Å². The van der Waals surface area contributed by atoms with E-state index in [1.165, 1.54) is 0 Å². The van der Waals surface area contributed by atoms with E-state index in [4.69, 9.17) is 11.6 Å². The molecule has 1 aromatic rings. The molecule has 2 unspecified atom stereocenters. The molecule has 5 heteroatoms.